The summed E-state index contributed by atoms with van der Waals surface area (Å²) >= 11 is 0. The first-order valence-corrected chi connectivity index (χ1v) is 5.99. The highest BCUT2D eigenvalue weighted by molar-refractivity contribution is 5.82. The van der Waals surface area contributed by atoms with Crippen molar-refractivity contribution in [3.63, 3.8) is 0 Å². The molecule has 0 saturated heterocycles. The molecule has 1 atom stereocenters. The summed E-state index contributed by atoms with van der Waals surface area (Å²) in [6.07, 6.45) is 2.54. The minimum atomic E-state index is -0.342. The van der Waals surface area contributed by atoms with E-state index in [0.29, 0.717) is 0 Å². The number of hydrogen-bond donors (Lipinski definition) is 1. The molecule has 0 heterocycles. The first-order valence-electron chi connectivity index (χ1n) is 5.99. The molecule has 0 aromatic carbocycles. The van der Waals surface area contributed by atoms with Gasteiger partial charge in [-0.25, -0.2) is 0 Å². The van der Waals surface area contributed by atoms with E-state index < -0.39 is 0 Å². The zero-order chi connectivity index (χ0) is 11.6. The summed E-state index contributed by atoms with van der Waals surface area (Å²) in [6.45, 7) is 9.02. The Balaban J connectivity index is 2.57. The maximum atomic E-state index is 12.1. The van der Waals surface area contributed by atoms with E-state index in [2.05, 4.69) is 13.8 Å². The lowest BCUT2D eigenvalue weighted by atomic mass is 10.0. The Hall–Kier alpha value is -0.570. The van der Waals surface area contributed by atoms with Crippen LogP contribution in [0.3, 0.4) is 0 Å². The predicted molar refractivity (Wildman–Crippen MR) is 62.4 cm³/mol. The fourth-order valence-corrected chi connectivity index (χ4v) is 1.61. The van der Waals surface area contributed by atoms with Gasteiger partial charge in [0, 0.05) is 12.6 Å². The number of carbonyl (C=O) groups excluding carboxylic acids is 1. The second-order valence-corrected chi connectivity index (χ2v) is 5.30. The molecule has 1 amide bonds. The van der Waals surface area contributed by atoms with Gasteiger partial charge in [-0.05, 0) is 38.5 Å². The third-order valence-electron chi connectivity index (χ3n) is 3.06. The van der Waals surface area contributed by atoms with E-state index in [1.54, 1.807) is 0 Å². The molecule has 0 aromatic rings. The van der Waals surface area contributed by atoms with Gasteiger partial charge in [0.1, 0.15) is 0 Å². The maximum Gasteiger partial charge on any atom is 0.239 e. The van der Waals surface area contributed by atoms with E-state index in [1.165, 1.54) is 12.8 Å². The summed E-state index contributed by atoms with van der Waals surface area (Å²) in [5.41, 5.74) is 5.90. The van der Waals surface area contributed by atoms with Gasteiger partial charge in [0.05, 0.1) is 6.04 Å². The third kappa shape index (κ3) is 3.49. The Labute approximate surface area is 93.0 Å². The molecule has 15 heavy (non-hydrogen) atoms. The lowest BCUT2D eigenvalue weighted by molar-refractivity contribution is -0.135. The van der Waals surface area contributed by atoms with Gasteiger partial charge in [0.2, 0.25) is 5.91 Å². The molecule has 1 saturated carbocycles. The van der Waals surface area contributed by atoms with Crippen molar-refractivity contribution in [2.45, 2.75) is 52.6 Å². The molecular formula is C12H24N2O. The normalized spacial score (nSPS) is 18.3. The highest BCUT2D eigenvalue weighted by Crippen LogP contribution is 2.30. The second kappa shape index (κ2) is 4.97. The Morgan fingerprint density at radius 2 is 1.87 bits per heavy atom. The van der Waals surface area contributed by atoms with Crippen LogP contribution in [0.5, 0.6) is 0 Å². The van der Waals surface area contributed by atoms with Gasteiger partial charge in [-0.2, -0.15) is 0 Å². The predicted octanol–water partition coefficient (Wildman–Crippen LogP) is 1.62. The summed E-state index contributed by atoms with van der Waals surface area (Å²) < 4.78 is 0. The molecule has 0 bridgehead atoms. The van der Waals surface area contributed by atoms with Crippen molar-refractivity contribution in [3.8, 4) is 0 Å². The number of carbonyl (C=O) groups is 1. The zero-order valence-corrected chi connectivity index (χ0v) is 10.4. The molecule has 0 spiro atoms. The topological polar surface area (TPSA) is 46.3 Å². The second-order valence-electron chi connectivity index (χ2n) is 5.30. The summed E-state index contributed by atoms with van der Waals surface area (Å²) in [4.78, 5) is 14.0. The Morgan fingerprint density at radius 1 is 1.33 bits per heavy atom. The summed E-state index contributed by atoms with van der Waals surface area (Å²) in [5.74, 6) is 1.07. The largest absolute Gasteiger partial charge is 0.339 e. The van der Waals surface area contributed by atoms with Crippen molar-refractivity contribution in [1.82, 2.24) is 4.90 Å². The SMILES string of the molecule is CC(C)[C@@H](N)C(=O)N(CC1CC1)C(C)C. The lowest BCUT2D eigenvalue weighted by Crippen LogP contribution is -2.49. The van der Waals surface area contributed by atoms with E-state index in [9.17, 15) is 4.79 Å². The molecule has 0 aliphatic heterocycles. The molecule has 1 aliphatic rings. The van der Waals surface area contributed by atoms with Gasteiger partial charge in [0.25, 0.3) is 0 Å². The lowest BCUT2D eigenvalue weighted by Gasteiger charge is -2.30. The van der Waals surface area contributed by atoms with E-state index in [-0.39, 0.29) is 23.9 Å². The number of nitrogens with zero attached hydrogens (tertiary/aromatic N) is 1. The first-order chi connectivity index (χ1) is 6.93. The van der Waals surface area contributed by atoms with Gasteiger partial charge in [-0.1, -0.05) is 13.8 Å². The van der Waals surface area contributed by atoms with Crippen LogP contribution in [0.1, 0.15) is 40.5 Å². The fourth-order valence-electron chi connectivity index (χ4n) is 1.61. The number of hydrogen-bond acceptors (Lipinski definition) is 2. The third-order valence-corrected chi connectivity index (χ3v) is 3.06. The number of rotatable bonds is 5. The molecular weight excluding hydrogens is 188 g/mol. The highest BCUT2D eigenvalue weighted by atomic mass is 16.2. The monoisotopic (exact) mass is 212 g/mol. The van der Waals surface area contributed by atoms with Crippen LogP contribution in [0.15, 0.2) is 0 Å². The van der Waals surface area contributed by atoms with Gasteiger partial charge < -0.3 is 10.6 Å². The average Bonchev–Trinajstić information content (AvgIpc) is 2.94. The van der Waals surface area contributed by atoms with Crippen LogP contribution >= 0.6 is 0 Å². The van der Waals surface area contributed by atoms with Crippen molar-refractivity contribution in [2.75, 3.05) is 6.54 Å². The van der Waals surface area contributed by atoms with Crippen LogP contribution in [-0.4, -0.2) is 29.4 Å². The Morgan fingerprint density at radius 3 is 2.20 bits per heavy atom. The molecule has 3 heteroatoms. The fraction of sp³-hybridized carbons (Fsp3) is 0.917. The molecule has 2 N–H and O–H groups in total. The van der Waals surface area contributed by atoms with Crippen LogP contribution < -0.4 is 5.73 Å². The molecule has 1 rings (SSSR count). The minimum absolute atomic E-state index is 0.118. The van der Waals surface area contributed by atoms with Crippen LogP contribution in [0.2, 0.25) is 0 Å². The van der Waals surface area contributed by atoms with E-state index in [1.807, 2.05) is 18.7 Å². The number of nitrogens with two attached hydrogens (primary N) is 1. The van der Waals surface area contributed by atoms with Gasteiger partial charge in [0.15, 0.2) is 0 Å². The molecule has 0 aromatic heterocycles. The quantitative estimate of drug-likeness (QED) is 0.752. The smallest absolute Gasteiger partial charge is 0.239 e. The zero-order valence-electron chi connectivity index (χ0n) is 10.4. The van der Waals surface area contributed by atoms with Gasteiger partial charge in [-0.3, -0.25) is 4.79 Å². The van der Waals surface area contributed by atoms with Crippen LogP contribution in [0.4, 0.5) is 0 Å². The molecule has 3 nitrogen and oxygen atoms in total. The standard InChI is InChI=1S/C12H24N2O/c1-8(2)11(13)12(15)14(9(3)4)7-10-5-6-10/h8-11H,5-7,13H2,1-4H3/t11-/m1/s1. The number of amides is 1. The summed E-state index contributed by atoms with van der Waals surface area (Å²) in [5, 5.41) is 0. The summed E-state index contributed by atoms with van der Waals surface area (Å²) in [6, 6.07) is -0.0750. The van der Waals surface area contributed by atoms with Crippen molar-refractivity contribution >= 4 is 5.91 Å². The molecule has 0 unspecified atom stereocenters. The maximum absolute atomic E-state index is 12.1. The Bertz CT molecular complexity index is 222. The van der Waals surface area contributed by atoms with Crippen molar-refractivity contribution in [2.24, 2.45) is 17.6 Å². The van der Waals surface area contributed by atoms with Crippen LogP contribution in [0.25, 0.3) is 0 Å². The van der Waals surface area contributed by atoms with Crippen molar-refractivity contribution in [3.05, 3.63) is 0 Å². The van der Waals surface area contributed by atoms with Crippen LogP contribution in [0, 0.1) is 11.8 Å². The van der Waals surface area contributed by atoms with E-state index in [4.69, 9.17) is 5.73 Å². The van der Waals surface area contributed by atoms with Gasteiger partial charge >= 0.3 is 0 Å². The van der Waals surface area contributed by atoms with E-state index in [0.717, 1.165) is 12.5 Å². The highest BCUT2D eigenvalue weighted by Gasteiger charge is 2.31. The average molecular weight is 212 g/mol. The molecule has 0 radical (unpaired) electrons. The van der Waals surface area contributed by atoms with Crippen molar-refractivity contribution < 1.29 is 4.79 Å². The van der Waals surface area contributed by atoms with Gasteiger partial charge in [-0.15, -0.1) is 0 Å². The minimum Gasteiger partial charge on any atom is -0.339 e. The first kappa shape index (κ1) is 12.5. The summed E-state index contributed by atoms with van der Waals surface area (Å²) in [7, 11) is 0. The van der Waals surface area contributed by atoms with Crippen molar-refractivity contribution in [1.29, 1.82) is 0 Å². The van der Waals surface area contributed by atoms with E-state index >= 15 is 0 Å². The molecule has 1 fully saturated rings. The molecule has 1 aliphatic carbocycles. The Kier molecular flexibility index (Phi) is 4.14. The van der Waals surface area contributed by atoms with Crippen LogP contribution in [-0.2, 0) is 4.79 Å². The molecule has 88 valence electrons.